The summed E-state index contributed by atoms with van der Waals surface area (Å²) >= 11 is 5.95. The van der Waals surface area contributed by atoms with Gasteiger partial charge in [0.05, 0.1) is 11.6 Å². The van der Waals surface area contributed by atoms with Crippen LogP contribution in [0.5, 0.6) is 0 Å². The molecule has 1 aromatic rings. The number of hydrogen-bond donors (Lipinski definition) is 1. The summed E-state index contributed by atoms with van der Waals surface area (Å²) in [6.45, 7) is -0.00613. The normalized spacial score (nSPS) is 11.2. The fourth-order valence-electron chi connectivity index (χ4n) is 1.20. The molecule has 0 unspecified atom stereocenters. The van der Waals surface area contributed by atoms with Gasteiger partial charge in [0, 0.05) is 26.1 Å². The van der Waals surface area contributed by atoms with Crippen molar-refractivity contribution in [3.63, 3.8) is 0 Å². The van der Waals surface area contributed by atoms with E-state index in [0.717, 1.165) is 4.31 Å². The number of nitrogens with zero attached hydrogens (tertiary/aromatic N) is 1. The zero-order chi connectivity index (χ0) is 13.8. The van der Waals surface area contributed by atoms with Gasteiger partial charge in [0.25, 0.3) is 0 Å². The van der Waals surface area contributed by atoms with E-state index in [1.807, 2.05) is 0 Å². The van der Waals surface area contributed by atoms with Crippen LogP contribution in [0.3, 0.4) is 0 Å². The van der Waals surface area contributed by atoms with E-state index in [1.54, 1.807) is 6.07 Å². The maximum absolute atomic E-state index is 11.9. The predicted octanol–water partition coefficient (Wildman–Crippen LogP) is 1.32. The van der Waals surface area contributed by atoms with Crippen LogP contribution in [0.2, 0.25) is 5.02 Å². The van der Waals surface area contributed by atoms with Gasteiger partial charge < -0.3 is 5.11 Å². The Kier molecular flexibility index (Phi) is 5.17. The summed E-state index contributed by atoms with van der Waals surface area (Å²) in [6, 6.07) is 4.52. The molecule has 0 saturated carbocycles. The Morgan fingerprint density at radius 3 is 2.56 bits per heavy atom. The van der Waals surface area contributed by atoms with Gasteiger partial charge in [-0.2, -0.15) is 0 Å². The number of benzene rings is 1. The standard InChI is InChI=1S/C12H14ClNO3S/c1-14(2)18(16,17)12-7-6-10(9-11(12)13)5-3-4-8-15/h6-7,9,15H,4,8H2,1-2H3. The molecule has 1 aromatic carbocycles. The van der Waals surface area contributed by atoms with E-state index in [9.17, 15) is 8.42 Å². The molecule has 1 rings (SSSR count). The monoisotopic (exact) mass is 287 g/mol. The van der Waals surface area contributed by atoms with Crippen LogP contribution < -0.4 is 0 Å². The summed E-state index contributed by atoms with van der Waals surface area (Å²) in [5, 5.41) is 8.74. The Labute approximate surface area is 112 Å². The van der Waals surface area contributed by atoms with Crippen LogP contribution in [0.1, 0.15) is 12.0 Å². The van der Waals surface area contributed by atoms with Gasteiger partial charge in [-0.05, 0) is 18.2 Å². The fourth-order valence-corrected chi connectivity index (χ4v) is 2.62. The van der Waals surface area contributed by atoms with Gasteiger partial charge in [-0.1, -0.05) is 23.4 Å². The molecule has 0 bridgehead atoms. The van der Waals surface area contributed by atoms with Crippen molar-refractivity contribution in [2.45, 2.75) is 11.3 Å². The number of hydrogen-bond acceptors (Lipinski definition) is 3. The van der Waals surface area contributed by atoms with E-state index in [2.05, 4.69) is 11.8 Å². The molecule has 4 nitrogen and oxygen atoms in total. The second-order valence-corrected chi connectivity index (χ2v) is 6.24. The average Bonchev–Trinajstić information content (AvgIpc) is 2.29. The minimum atomic E-state index is -3.54. The Morgan fingerprint density at radius 1 is 1.39 bits per heavy atom. The van der Waals surface area contributed by atoms with E-state index >= 15 is 0 Å². The summed E-state index contributed by atoms with van der Waals surface area (Å²) < 4.78 is 24.9. The third-order valence-electron chi connectivity index (χ3n) is 2.16. The lowest BCUT2D eigenvalue weighted by Crippen LogP contribution is -2.22. The Hall–Kier alpha value is -1.06. The van der Waals surface area contributed by atoms with Crippen molar-refractivity contribution in [1.82, 2.24) is 4.31 Å². The molecule has 0 aliphatic rings. The quantitative estimate of drug-likeness (QED) is 0.853. The molecule has 0 heterocycles. The second kappa shape index (κ2) is 6.21. The minimum Gasteiger partial charge on any atom is -0.395 e. The molecular formula is C12H14ClNO3S. The molecule has 6 heteroatoms. The Bertz CT molecular complexity index is 585. The van der Waals surface area contributed by atoms with Gasteiger partial charge in [-0.3, -0.25) is 0 Å². The van der Waals surface area contributed by atoms with Crippen LogP contribution in [0.25, 0.3) is 0 Å². The van der Waals surface area contributed by atoms with Crippen molar-refractivity contribution in [1.29, 1.82) is 0 Å². The lowest BCUT2D eigenvalue weighted by molar-refractivity contribution is 0.305. The van der Waals surface area contributed by atoms with Crippen LogP contribution >= 0.6 is 11.6 Å². The summed E-state index contributed by atoms with van der Waals surface area (Å²) in [5.74, 6) is 5.53. The number of sulfonamides is 1. The fraction of sp³-hybridized carbons (Fsp3) is 0.333. The molecule has 0 spiro atoms. The minimum absolute atomic E-state index is 0.00613. The predicted molar refractivity (Wildman–Crippen MR) is 70.9 cm³/mol. The molecule has 98 valence electrons. The molecular weight excluding hydrogens is 274 g/mol. The van der Waals surface area contributed by atoms with E-state index in [-0.39, 0.29) is 16.5 Å². The molecule has 0 amide bonds. The van der Waals surface area contributed by atoms with Crippen molar-refractivity contribution >= 4 is 21.6 Å². The van der Waals surface area contributed by atoms with Crippen molar-refractivity contribution in [3.8, 4) is 11.8 Å². The smallest absolute Gasteiger partial charge is 0.244 e. The zero-order valence-electron chi connectivity index (χ0n) is 10.1. The Balaban J connectivity index is 3.13. The first-order valence-electron chi connectivity index (χ1n) is 5.21. The molecule has 1 N–H and O–H groups in total. The first-order valence-corrected chi connectivity index (χ1v) is 7.03. The highest BCUT2D eigenvalue weighted by Gasteiger charge is 2.20. The summed E-state index contributed by atoms with van der Waals surface area (Å²) in [7, 11) is -0.646. The largest absolute Gasteiger partial charge is 0.395 e. The number of rotatable bonds is 3. The molecule has 0 fully saturated rings. The van der Waals surface area contributed by atoms with E-state index in [4.69, 9.17) is 16.7 Å². The highest BCUT2D eigenvalue weighted by atomic mass is 35.5. The van der Waals surface area contributed by atoms with Gasteiger partial charge in [0.1, 0.15) is 4.90 Å². The molecule has 0 aliphatic carbocycles. The van der Waals surface area contributed by atoms with Gasteiger partial charge in [-0.15, -0.1) is 0 Å². The van der Waals surface area contributed by atoms with Crippen LogP contribution in [0.15, 0.2) is 23.1 Å². The Morgan fingerprint density at radius 2 is 2.06 bits per heavy atom. The lowest BCUT2D eigenvalue weighted by Gasteiger charge is -2.12. The molecule has 0 radical (unpaired) electrons. The maximum Gasteiger partial charge on any atom is 0.244 e. The summed E-state index contributed by atoms with van der Waals surface area (Å²) in [6.07, 6.45) is 0.370. The maximum atomic E-state index is 11.9. The first kappa shape index (κ1) is 15.0. The van der Waals surface area contributed by atoms with Gasteiger partial charge in [0.15, 0.2) is 0 Å². The molecule has 0 aromatic heterocycles. The zero-order valence-corrected chi connectivity index (χ0v) is 11.7. The highest BCUT2D eigenvalue weighted by molar-refractivity contribution is 7.89. The topological polar surface area (TPSA) is 57.6 Å². The van der Waals surface area contributed by atoms with Crippen LogP contribution in [-0.2, 0) is 10.0 Å². The number of aliphatic hydroxyl groups excluding tert-OH is 1. The van der Waals surface area contributed by atoms with Gasteiger partial charge in [0.2, 0.25) is 10.0 Å². The van der Waals surface area contributed by atoms with Crippen LogP contribution in [0, 0.1) is 11.8 Å². The summed E-state index contributed by atoms with van der Waals surface area (Å²) in [5.41, 5.74) is 0.617. The third kappa shape index (κ3) is 3.47. The first-order chi connectivity index (χ1) is 8.39. The number of aliphatic hydroxyl groups is 1. The number of halogens is 1. The lowest BCUT2D eigenvalue weighted by atomic mass is 10.2. The van der Waals surface area contributed by atoms with E-state index in [1.165, 1.54) is 26.2 Å². The van der Waals surface area contributed by atoms with Crippen molar-refractivity contribution in [2.24, 2.45) is 0 Å². The second-order valence-electron chi connectivity index (χ2n) is 3.71. The van der Waals surface area contributed by atoms with Crippen LogP contribution in [-0.4, -0.2) is 38.5 Å². The SMILES string of the molecule is CN(C)S(=O)(=O)c1ccc(C#CCCO)cc1Cl. The van der Waals surface area contributed by atoms with E-state index < -0.39 is 10.0 Å². The van der Waals surface area contributed by atoms with Gasteiger partial charge >= 0.3 is 0 Å². The van der Waals surface area contributed by atoms with Crippen molar-refractivity contribution < 1.29 is 13.5 Å². The molecule has 0 saturated heterocycles. The highest BCUT2D eigenvalue weighted by Crippen LogP contribution is 2.24. The van der Waals surface area contributed by atoms with E-state index in [0.29, 0.717) is 12.0 Å². The van der Waals surface area contributed by atoms with Crippen LogP contribution in [0.4, 0.5) is 0 Å². The third-order valence-corrected chi connectivity index (χ3v) is 4.46. The van der Waals surface area contributed by atoms with Crippen molar-refractivity contribution in [3.05, 3.63) is 28.8 Å². The molecule has 0 atom stereocenters. The average molecular weight is 288 g/mol. The summed E-state index contributed by atoms with van der Waals surface area (Å²) in [4.78, 5) is 0.0573. The molecule has 0 aliphatic heterocycles. The molecule has 18 heavy (non-hydrogen) atoms. The van der Waals surface area contributed by atoms with Crippen molar-refractivity contribution in [2.75, 3.05) is 20.7 Å². The van der Waals surface area contributed by atoms with Gasteiger partial charge in [-0.25, -0.2) is 12.7 Å².